The van der Waals surface area contributed by atoms with Crippen molar-refractivity contribution in [3.63, 3.8) is 0 Å². The smallest absolute Gasteiger partial charge is 0.269 e. The van der Waals surface area contributed by atoms with Gasteiger partial charge >= 0.3 is 0 Å². The van der Waals surface area contributed by atoms with Crippen molar-refractivity contribution in [2.24, 2.45) is 7.05 Å². The van der Waals surface area contributed by atoms with E-state index in [1.165, 1.54) is 60.1 Å². The molecule has 0 saturated heterocycles. The maximum absolute atomic E-state index is 12.5. The third-order valence-corrected chi connectivity index (χ3v) is 5.05. The molecule has 0 bridgehead atoms. The first kappa shape index (κ1) is 21.0. The van der Waals surface area contributed by atoms with Gasteiger partial charge in [-0.3, -0.25) is 19.7 Å². The van der Waals surface area contributed by atoms with Crippen LogP contribution in [-0.4, -0.2) is 42.7 Å². The number of anilines is 1. The van der Waals surface area contributed by atoms with E-state index in [2.05, 4.69) is 20.8 Å². The summed E-state index contributed by atoms with van der Waals surface area (Å²) in [5.41, 5.74) is 0.610. The van der Waals surface area contributed by atoms with E-state index in [-0.39, 0.29) is 29.3 Å². The predicted octanol–water partition coefficient (Wildman–Crippen LogP) is 1.22. The lowest BCUT2D eigenvalue weighted by molar-refractivity contribution is -0.384. The summed E-state index contributed by atoms with van der Waals surface area (Å²) in [6.07, 6.45) is 1.46. The topological polar surface area (TPSA) is 147 Å². The number of hydrogen-bond donors (Lipinski definition) is 1. The minimum atomic E-state index is -0.519. The number of nitrogens with zero attached hydrogens (tertiary/aromatic N) is 6. The molecule has 3 aromatic rings. The van der Waals surface area contributed by atoms with Gasteiger partial charge in [0, 0.05) is 42.4 Å². The molecule has 1 aromatic carbocycles. The van der Waals surface area contributed by atoms with Crippen molar-refractivity contribution in [2.45, 2.75) is 17.5 Å². The summed E-state index contributed by atoms with van der Waals surface area (Å²) in [5, 5.41) is 25.1. The number of hydrogen-bond acceptors (Lipinski definition) is 9. The Kier molecular flexibility index (Phi) is 6.41. The number of rotatable bonds is 8. The number of nitro benzene ring substituents is 1. The van der Waals surface area contributed by atoms with Crippen LogP contribution in [0.3, 0.4) is 0 Å². The van der Waals surface area contributed by atoms with Crippen LogP contribution in [0, 0.1) is 10.1 Å². The second-order valence-corrected chi connectivity index (χ2v) is 6.99. The molecule has 1 amide bonds. The van der Waals surface area contributed by atoms with E-state index in [0.717, 1.165) is 0 Å². The first-order valence-corrected chi connectivity index (χ1v) is 9.52. The van der Waals surface area contributed by atoms with Crippen LogP contribution < -0.4 is 15.5 Å². The Balaban J connectivity index is 1.77. The Bertz CT molecular complexity index is 1130. The molecule has 0 fully saturated rings. The van der Waals surface area contributed by atoms with Crippen molar-refractivity contribution >= 4 is 29.0 Å². The minimum absolute atomic E-state index is 0.0734. The molecule has 3 rings (SSSR count). The Morgan fingerprint density at radius 2 is 2.07 bits per heavy atom. The molecule has 13 heteroatoms. The number of non-ortho nitro benzene ring substituents is 1. The van der Waals surface area contributed by atoms with Gasteiger partial charge in [0.05, 0.1) is 18.2 Å². The number of tetrazole rings is 1. The van der Waals surface area contributed by atoms with Crippen LogP contribution in [0.25, 0.3) is 0 Å². The van der Waals surface area contributed by atoms with Crippen LogP contribution in [0.1, 0.15) is 5.69 Å². The molecule has 0 radical (unpaired) electrons. The molecular weight excluding hydrogens is 414 g/mol. The first-order valence-electron chi connectivity index (χ1n) is 8.54. The predicted molar refractivity (Wildman–Crippen MR) is 107 cm³/mol. The number of carbonyl (C=O) groups excluding carboxylic acids is 1. The van der Waals surface area contributed by atoms with E-state index in [1.807, 2.05) is 0 Å². The summed E-state index contributed by atoms with van der Waals surface area (Å²) < 4.78 is 8.17. The molecule has 12 nitrogen and oxygen atoms in total. The Hall–Kier alpha value is -3.74. The minimum Gasteiger partial charge on any atom is -0.491 e. The van der Waals surface area contributed by atoms with Crippen molar-refractivity contribution in [3.8, 4) is 5.75 Å². The van der Waals surface area contributed by atoms with E-state index in [4.69, 9.17) is 4.74 Å². The zero-order chi connectivity index (χ0) is 21.7. The van der Waals surface area contributed by atoms with Gasteiger partial charge in [0.2, 0.25) is 16.5 Å². The SMILES string of the molecule is COc1cn(CC(=O)Nc2ccc([N+](=O)[O-])cc2)c(CSc2nnnn2C)cc1=O. The van der Waals surface area contributed by atoms with E-state index in [9.17, 15) is 19.7 Å². The molecule has 2 heterocycles. The summed E-state index contributed by atoms with van der Waals surface area (Å²) >= 11 is 1.31. The number of ether oxygens (including phenoxy) is 1. The summed E-state index contributed by atoms with van der Waals surface area (Å²) in [6, 6.07) is 6.89. The molecule has 2 aromatic heterocycles. The Labute approximate surface area is 174 Å². The van der Waals surface area contributed by atoms with Gasteiger partial charge in [-0.1, -0.05) is 11.8 Å². The number of aryl methyl sites for hydroxylation is 1. The van der Waals surface area contributed by atoms with Crippen LogP contribution >= 0.6 is 11.8 Å². The lowest BCUT2D eigenvalue weighted by Crippen LogP contribution is -2.22. The summed E-state index contributed by atoms with van der Waals surface area (Å²) in [5.74, 6) is 0.0754. The molecule has 0 aliphatic heterocycles. The monoisotopic (exact) mass is 431 g/mol. The van der Waals surface area contributed by atoms with Crippen LogP contribution in [0.4, 0.5) is 11.4 Å². The Morgan fingerprint density at radius 3 is 2.67 bits per heavy atom. The van der Waals surface area contributed by atoms with E-state index >= 15 is 0 Å². The zero-order valence-corrected chi connectivity index (χ0v) is 16.8. The fourth-order valence-corrected chi connectivity index (χ4v) is 3.37. The highest BCUT2D eigenvalue weighted by Crippen LogP contribution is 2.20. The normalized spacial score (nSPS) is 10.6. The highest BCUT2D eigenvalue weighted by molar-refractivity contribution is 7.98. The molecule has 0 aliphatic rings. The molecule has 0 unspecified atom stereocenters. The van der Waals surface area contributed by atoms with Gasteiger partial charge in [-0.05, 0) is 22.6 Å². The molecule has 0 atom stereocenters. The van der Waals surface area contributed by atoms with E-state index in [0.29, 0.717) is 22.3 Å². The van der Waals surface area contributed by atoms with Gasteiger partial charge in [0.25, 0.3) is 5.69 Å². The van der Waals surface area contributed by atoms with Crippen LogP contribution in [0.15, 0.2) is 46.5 Å². The lowest BCUT2D eigenvalue weighted by Gasteiger charge is -2.14. The molecule has 0 spiro atoms. The summed E-state index contributed by atoms with van der Waals surface area (Å²) in [7, 11) is 3.07. The number of thioether (sulfide) groups is 1. The van der Waals surface area contributed by atoms with E-state index in [1.54, 1.807) is 11.6 Å². The number of aromatic nitrogens is 5. The number of methoxy groups -OCH3 is 1. The molecule has 1 N–H and O–H groups in total. The highest BCUT2D eigenvalue weighted by Gasteiger charge is 2.13. The van der Waals surface area contributed by atoms with E-state index < -0.39 is 4.92 Å². The largest absolute Gasteiger partial charge is 0.491 e. The van der Waals surface area contributed by atoms with Crippen molar-refractivity contribution in [3.05, 3.63) is 62.6 Å². The standard InChI is InChI=1S/C17H17N7O5S/c1-22-17(19-20-21-22)30-10-13-7-14(25)15(29-2)8-23(13)9-16(26)18-11-3-5-12(6-4-11)24(27)28/h3-8H,9-10H2,1-2H3,(H,18,26). The quantitative estimate of drug-likeness (QED) is 0.316. The van der Waals surface area contributed by atoms with Crippen molar-refractivity contribution in [1.29, 1.82) is 0 Å². The van der Waals surface area contributed by atoms with Crippen LogP contribution in [-0.2, 0) is 24.1 Å². The third-order valence-electron chi connectivity index (χ3n) is 4.01. The fraction of sp³-hybridized carbons (Fsp3) is 0.235. The number of carbonyl (C=O) groups is 1. The van der Waals surface area contributed by atoms with Gasteiger partial charge in [-0.2, -0.15) is 0 Å². The highest BCUT2D eigenvalue weighted by atomic mass is 32.2. The summed E-state index contributed by atoms with van der Waals surface area (Å²) in [4.78, 5) is 34.9. The van der Waals surface area contributed by atoms with Gasteiger partial charge < -0.3 is 14.6 Å². The van der Waals surface area contributed by atoms with Crippen molar-refractivity contribution in [2.75, 3.05) is 12.4 Å². The second-order valence-electron chi connectivity index (χ2n) is 6.05. The second kappa shape index (κ2) is 9.17. The fourth-order valence-electron chi connectivity index (χ4n) is 2.52. The zero-order valence-electron chi connectivity index (χ0n) is 16.0. The van der Waals surface area contributed by atoms with Gasteiger partial charge in [0.15, 0.2) is 5.75 Å². The van der Waals surface area contributed by atoms with Crippen molar-refractivity contribution < 1.29 is 14.5 Å². The average molecular weight is 431 g/mol. The summed E-state index contributed by atoms with van der Waals surface area (Å²) in [6.45, 7) is -0.0966. The third kappa shape index (κ3) is 5.00. The number of nitro groups is 1. The van der Waals surface area contributed by atoms with Gasteiger partial charge in [-0.25, -0.2) is 4.68 Å². The van der Waals surface area contributed by atoms with Crippen molar-refractivity contribution in [1.82, 2.24) is 24.8 Å². The number of benzene rings is 1. The number of amides is 1. The maximum Gasteiger partial charge on any atom is 0.269 e. The average Bonchev–Trinajstić information content (AvgIpc) is 3.13. The molecule has 156 valence electrons. The Morgan fingerprint density at radius 1 is 1.33 bits per heavy atom. The lowest BCUT2D eigenvalue weighted by atomic mass is 10.3. The molecule has 0 aliphatic carbocycles. The van der Waals surface area contributed by atoms with Gasteiger partial charge in [0.1, 0.15) is 6.54 Å². The molecular formula is C17H17N7O5S. The number of nitrogens with one attached hydrogen (secondary N) is 1. The molecule has 30 heavy (non-hydrogen) atoms. The van der Waals surface area contributed by atoms with Crippen LogP contribution in [0.5, 0.6) is 5.75 Å². The molecule has 0 saturated carbocycles. The van der Waals surface area contributed by atoms with Crippen LogP contribution in [0.2, 0.25) is 0 Å². The maximum atomic E-state index is 12.5. The first-order chi connectivity index (χ1) is 14.4. The van der Waals surface area contributed by atoms with Gasteiger partial charge in [-0.15, -0.1) is 5.10 Å². The number of pyridine rings is 1.